The van der Waals surface area contributed by atoms with Crippen molar-refractivity contribution in [2.45, 2.75) is 51.8 Å². The lowest BCUT2D eigenvalue weighted by molar-refractivity contribution is -0.132. The molecular weight excluding hydrogens is 448 g/mol. The van der Waals surface area contributed by atoms with Crippen molar-refractivity contribution in [2.24, 2.45) is 5.41 Å². The predicted octanol–water partition coefficient (Wildman–Crippen LogP) is 7.81. The molecule has 0 saturated carbocycles. The van der Waals surface area contributed by atoms with Gasteiger partial charge in [-0.1, -0.05) is 68.2 Å². The minimum atomic E-state index is -0.922. The highest BCUT2D eigenvalue weighted by molar-refractivity contribution is 8.03. The van der Waals surface area contributed by atoms with Gasteiger partial charge in [0, 0.05) is 11.8 Å². The first-order chi connectivity index (χ1) is 15.7. The highest BCUT2D eigenvalue weighted by atomic mass is 32.2. The van der Waals surface area contributed by atoms with Crippen LogP contribution in [0.15, 0.2) is 71.2 Å². The van der Waals surface area contributed by atoms with Gasteiger partial charge in [0.25, 0.3) is 0 Å². The molecule has 0 bridgehead atoms. The first-order valence-corrected chi connectivity index (χ1v) is 12.9. The van der Waals surface area contributed by atoms with Crippen LogP contribution in [0.5, 0.6) is 0 Å². The van der Waals surface area contributed by atoms with Crippen molar-refractivity contribution in [3.8, 4) is 0 Å². The molecule has 2 aromatic carbocycles. The molecule has 1 aromatic heterocycles. The number of thioether (sulfide) groups is 1. The second-order valence-electron chi connectivity index (χ2n) is 9.33. The van der Waals surface area contributed by atoms with Gasteiger partial charge in [-0.3, -0.25) is 0 Å². The number of thiazole rings is 1. The number of fused-ring (bicyclic) bond motifs is 1. The van der Waals surface area contributed by atoms with E-state index in [2.05, 4.69) is 68.0 Å². The van der Waals surface area contributed by atoms with Crippen LogP contribution in [0, 0.1) is 5.41 Å². The number of nitrogens with zero attached hydrogens (tertiary/aromatic N) is 1. The summed E-state index contributed by atoms with van der Waals surface area (Å²) in [6, 6.07) is 16.6. The number of carboxylic acids is 1. The van der Waals surface area contributed by atoms with Crippen LogP contribution in [-0.2, 0) is 11.3 Å². The summed E-state index contributed by atoms with van der Waals surface area (Å²) in [6.07, 6.45) is 2.71. The third kappa shape index (κ3) is 5.50. The van der Waals surface area contributed by atoms with Crippen molar-refractivity contribution in [1.82, 2.24) is 4.98 Å². The largest absolute Gasteiger partial charge is 0.478 e. The lowest BCUT2D eigenvalue weighted by Gasteiger charge is -2.34. The first-order valence-electron chi connectivity index (χ1n) is 11.2. The van der Waals surface area contributed by atoms with Crippen LogP contribution < -0.4 is 5.32 Å². The van der Waals surface area contributed by atoms with Crippen LogP contribution in [-0.4, -0.2) is 16.1 Å². The highest BCUT2D eigenvalue weighted by Crippen LogP contribution is 2.48. The van der Waals surface area contributed by atoms with Gasteiger partial charge in [0.15, 0.2) is 5.13 Å². The number of hydrogen-bond donors (Lipinski definition) is 2. The van der Waals surface area contributed by atoms with Crippen molar-refractivity contribution in [3.63, 3.8) is 0 Å². The number of hydrogen-bond acceptors (Lipinski definition) is 5. The third-order valence-electron chi connectivity index (χ3n) is 6.18. The second kappa shape index (κ2) is 9.74. The smallest absolute Gasteiger partial charge is 0.335 e. The van der Waals surface area contributed by atoms with Crippen molar-refractivity contribution < 1.29 is 9.90 Å². The number of aliphatic carboxylic acids is 1. The Labute approximate surface area is 203 Å². The van der Waals surface area contributed by atoms with Crippen molar-refractivity contribution >= 4 is 44.4 Å². The Balaban J connectivity index is 1.54. The van der Waals surface area contributed by atoms with Crippen LogP contribution in [0.1, 0.15) is 56.4 Å². The number of nitrogens with one attached hydrogen (secondary N) is 1. The number of rotatable bonds is 8. The van der Waals surface area contributed by atoms with E-state index in [9.17, 15) is 9.90 Å². The lowest BCUT2D eigenvalue weighted by atomic mass is 9.75. The Morgan fingerprint density at radius 3 is 2.73 bits per heavy atom. The molecule has 172 valence electrons. The molecule has 1 unspecified atom stereocenters. The van der Waals surface area contributed by atoms with Crippen LogP contribution >= 0.6 is 23.1 Å². The Morgan fingerprint density at radius 2 is 1.97 bits per heavy atom. The normalized spacial score (nSPS) is 16.6. The van der Waals surface area contributed by atoms with E-state index in [-0.39, 0.29) is 16.2 Å². The average molecular weight is 479 g/mol. The second-order valence-corrected chi connectivity index (χ2v) is 11.8. The molecule has 1 heterocycles. The molecule has 0 amide bonds. The first kappa shape index (κ1) is 23.6. The fourth-order valence-corrected chi connectivity index (χ4v) is 6.49. The summed E-state index contributed by atoms with van der Waals surface area (Å²) < 4.78 is 1.18. The molecule has 1 aliphatic rings. The maximum Gasteiger partial charge on any atom is 0.335 e. The number of carbonyl (C=O) groups is 1. The fraction of sp³-hybridized carbons (Fsp3) is 0.333. The van der Waals surface area contributed by atoms with Gasteiger partial charge in [-0.25, -0.2) is 9.78 Å². The Kier molecular flexibility index (Phi) is 6.96. The van der Waals surface area contributed by atoms with Crippen molar-refractivity contribution in [2.75, 3.05) is 5.32 Å². The average Bonchev–Trinajstić information content (AvgIpc) is 3.21. The van der Waals surface area contributed by atoms with Crippen LogP contribution in [0.2, 0.25) is 0 Å². The maximum absolute atomic E-state index is 11.7. The summed E-state index contributed by atoms with van der Waals surface area (Å²) in [6.45, 7) is 11.2. The molecular formula is C27H30N2O2S2. The van der Waals surface area contributed by atoms with Gasteiger partial charge in [-0.05, 0) is 65.3 Å². The number of benzene rings is 2. The van der Waals surface area contributed by atoms with E-state index in [4.69, 9.17) is 0 Å². The molecule has 4 rings (SSSR count). The summed E-state index contributed by atoms with van der Waals surface area (Å²) in [4.78, 5) is 17.5. The topological polar surface area (TPSA) is 62.2 Å². The SMILES string of the molecule is C=C(C(=O)O)C1=C(SC(C)c2ccccc2CNc2nc3ccccc3s2)CCC(C)(C)C1. The van der Waals surface area contributed by atoms with E-state index in [1.165, 1.54) is 20.7 Å². The number of para-hydroxylation sites is 1. The molecule has 1 atom stereocenters. The number of anilines is 1. The van der Waals surface area contributed by atoms with Crippen LogP contribution in [0.4, 0.5) is 5.13 Å². The molecule has 0 saturated heterocycles. The van der Waals surface area contributed by atoms with Crippen LogP contribution in [0.25, 0.3) is 10.2 Å². The quantitative estimate of drug-likeness (QED) is 0.323. The molecule has 0 aliphatic heterocycles. The van der Waals surface area contributed by atoms with Gasteiger partial charge in [0.05, 0.1) is 15.8 Å². The minimum absolute atomic E-state index is 0.0973. The van der Waals surface area contributed by atoms with Crippen LogP contribution in [0.3, 0.4) is 0 Å². The summed E-state index contributed by atoms with van der Waals surface area (Å²) in [7, 11) is 0. The lowest BCUT2D eigenvalue weighted by Crippen LogP contribution is -2.20. The molecule has 4 nitrogen and oxygen atoms in total. The van der Waals surface area contributed by atoms with Gasteiger partial charge in [0.1, 0.15) is 0 Å². The molecule has 0 radical (unpaired) electrons. The highest BCUT2D eigenvalue weighted by Gasteiger charge is 2.31. The maximum atomic E-state index is 11.7. The zero-order valence-electron chi connectivity index (χ0n) is 19.4. The summed E-state index contributed by atoms with van der Waals surface area (Å²) >= 11 is 3.45. The number of aromatic nitrogens is 1. The van der Waals surface area contributed by atoms with Gasteiger partial charge in [0.2, 0.25) is 0 Å². The van der Waals surface area contributed by atoms with E-state index < -0.39 is 5.97 Å². The third-order valence-corrected chi connectivity index (χ3v) is 8.52. The number of carboxylic acid groups (broad SMARTS) is 1. The Hall–Kier alpha value is -2.57. The van der Waals surface area contributed by atoms with E-state index >= 15 is 0 Å². The van der Waals surface area contributed by atoms with E-state index in [1.54, 1.807) is 23.1 Å². The monoisotopic (exact) mass is 478 g/mol. The molecule has 0 spiro atoms. The van der Waals surface area contributed by atoms with Gasteiger partial charge in [-0.15, -0.1) is 11.8 Å². The van der Waals surface area contributed by atoms with E-state index in [0.29, 0.717) is 6.54 Å². The molecule has 2 N–H and O–H groups in total. The standard InChI is InChI=1S/C27H30N2O2S2/c1-17(25(30)31)21-15-27(3,4)14-13-23(21)32-18(2)20-10-6-5-9-19(20)16-28-26-29-22-11-7-8-12-24(22)33-26/h5-12,18H,1,13-16H2,2-4H3,(H,28,29)(H,30,31). The number of allylic oxidation sites excluding steroid dienone is 1. The minimum Gasteiger partial charge on any atom is -0.478 e. The zero-order chi connectivity index (χ0) is 23.6. The van der Waals surface area contributed by atoms with Gasteiger partial charge in [-0.2, -0.15) is 0 Å². The molecule has 0 fully saturated rings. The fourth-order valence-electron chi connectivity index (χ4n) is 4.29. The molecule has 33 heavy (non-hydrogen) atoms. The van der Waals surface area contributed by atoms with E-state index in [1.807, 2.05) is 18.2 Å². The van der Waals surface area contributed by atoms with Crippen molar-refractivity contribution in [3.05, 3.63) is 82.3 Å². The van der Waals surface area contributed by atoms with E-state index in [0.717, 1.165) is 35.5 Å². The Morgan fingerprint density at radius 1 is 1.24 bits per heavy atom. The summed E-state index contributed by atoms with van der Waals surface area (Å²) in [5, 5.41) is 14.2. The summed E-state index contributed by atoms with van der Waals surface area (Å²) in [5.74, 6) is -0.922. The van der Waals surface area contributed by atoms with Gasteiger partial charge >= 0.3 is 5.97 Å². The van der Waals surface area contributed by atoms with Gasteiger partial charge < -0.3 is 10.4 Å². The summed E-state index contributed by atoms with van der Waals surface area (Å²) in [5.41, 5.74) is 4.76. The molecule has 1 aliphatic carbocycles. The Bertz CT molecular complexity index is 1190. The molecule has 3 aromatic rings. The van der Waals surface area contributed by atoms with Crippen molar-refractivity contribution in [1.29, 1.82) is 0 Å². The predicted molar refractivity (Wildman–Crippen MR) is 141 cm³/mol. The zero-order valence-corrected chi connectivity index (χ0v) is 21.0. The molecule has 6 heteroatoms.